The van der Waals surface area contributed by atoms with Crippen LogP contribution >= 0.6 is 0 Å². The van der Waals surface area contributed by atoms with Crippen LogP contribution in [-0.4, -0.2) is 48.3 Å². The van der Waals surface area contributed by atoms with Crippen LogP contribution in [0.4, 0.5) is 0 Å². The van der Waals surface area contributed by atoms with Gasteiger partial charge >= 0.3 is 0 Å². The molecule has 1 aromatic rings. The molecule has 1 aromatic heterocycles. The fourth-order valence-corrected chi connectivity index (χ4v) is 2.13. The van der Waals surface area contributed by atoms with E-state index in [1.165, 1.54) is 5.56 Å². The zero-order valence-electron chi connectivity index (χ0n) is 13.5. The van der Waals surface area contributed by atoms with Gasteiger partial charge in [-0.05, 0) is 45.0 Å². The molecule has 20 heavy (non-hydrogen) atoms. The Balaban J connectivity index is 2.65. The number of rotatable bonds is 8. The van der Waals surface area contributed by atoms with Gasteiger partial charge in [-0.25, -0.2) is 0 Å². The number of pyridine rings is 1. The summed E-state index contributed by atoms with van der Waals surface area (Å²) in [5, 5.41) is 3.57. The van der Waals surface area contributed by atoms with Gasteiger partial charge in [0.2, 0.25) is 0 Å². The van der Waals surface area contributed by atoms with Gasteiger partial charge in [-0.15, -0.1) is 0 Å². The van der Waals surface area contributed by atoms with Crippen LogP contribution in [0, 0.1) is 0 Å². The van der Waals surface area contributed by atoms with Gasteiger partial charge in [0.1, 0.15) is 0 Å². The molecule has 0 aromatic carbocycles. The highest BCUT2D eigenvalue weighted by atomic mass is 16.5. The quantitative estimate of drug-likeness (QED) is 0.792. The van der Waals surface area contributed by atoms with Crippen molar-refractivity contribution >= 4 is 0 Å². The van der Waals surface area contributed by atoms with Gasteiger partial charge in [0.15, 0.2) is 0 Å². The maximum absolute atomic E-state index is 5.40. The zero-order valence-corrected chi connectivity index (χ0v) is 13.5. The average Bonchev–Trinajstić information content (AvgIpc) is 2.41. The Kier molecular flexibility index (Phi) is 7.13. The highest BCUT2D eigenvalue weighted by molar-refractivity contribution is 5.09. The Morgan fingerprint density at radius 3 is 2.45 bits per heavy atom. The van der Waals surface area contributed by atoms with Gasteiger partial charge in [-0.3, -0.25) is 9.88 Å². The first-order valence-corrected chi connectivity index (χ1v) is 7.33. The predicted octanol–water partition coefficient (Wildman–Crippen LogP) is 2.31. The zero-order chi connectivity index (χ0) is 15.0. The third-order valence-electron chi connectivity index (χ3n) is 3.28. The van der Waals surface area contributed by atoms with Gasteiger partial charge in [0, 0.05) is 44.2 Å². The molecule has 0 fully saturated rings. The van der Waals surface area contributed by atoms with Gasteiger partial charge in [0.05, 0.1) is 6.61 Å². The summed E-state index contributed by atoms with van der Waals surface area (Å²) in [4.78, 5) is 6.51. The van der Waals surface area contributed by atoms with Crippen molar-refractivity contribution in [3.8, 4) is 0 Å². The van der Waals surface area contributed by atoms with Crippen molar-refractivity contribution in [2.24, 2.45) is 0 Å². The molecule has 0 aliphatic heterocycles. The lowest BCUT2D eigenvalue weighted by atomic mass is 10.1. The molecule has 114 valence electrons. The lowest BCUT2D eigenvalue weighted by molar-refractivity contribution is 0.0839. The van der Waals surface area contributed by atoms with E-state index in [4.69, 9.17) is 4.74 Å². The second-order valence-corrected chi connectivity index (χ2v) is 6.16. The van der Waals surface area contributed by atoms with Crippen molar-refractivity contribution < 1.29 is 4.74 Å². The van der Waals surface area contributed by atoms with Crippen LogP contribution in [-0.2, 0) is 11.3 Å². The molecule has 1 unspecified atom stereocenters. The first-order valence-electron chi connectivity index (χ1n) is 7.33. The Morgan fingerprint density at radius 2 is 1.95 bits per heavy atom. The molecule has 4 heteroatoms. The molecule has 1 atom stereocenters. The van der Waals surface area contributed by atoms with Crippen LogP contribution < -0.4 is 5.32 Å². The van der Waals surface area contributed by atoms with E-state index in [1.54, 1.807) is 7.11 Å². The summed E-state index contributed by atoms with van der Waals surface area (Å²) in [6.45, 7) is 12.4. The number of ether oxygens (including phenoxy) is 1. The number of likely N-dealkylation sites (N-methyl/N-ethyl adjacent to an activating group) is 1. The minimum Gasteiger partial charge on any atom is -0.383 e. The van der Waals surface area contributed by atoms with Crippen molar-refractivity contribution in [3.63, 3.8) is 0 Å². The largest absolute Gasteiger partial charge is 0.383 e. The third kappa shape index (κ3) is 6.46. The van der Waals surface area contributed by atoms with E-state index in [9.17, 15) is 0 Å². The van der Waals surface area contributed by atoms with Crippen LogP contribution in [0.25, 0.3) is 0 Å². The fourth-order valence-electron chi connectivity index (χ4n) is 2.13. The fraction of sp³-hybridized carbons (Fsp3) is 0.688. The summed E-state index contributed by atoms with van der Waals surface area (Å²) in [6, 6.07) is 4.52. The molecule has 1 N–H and O–H groups in total. The molecular formula is C16H29N3O. The second-order valence-electron chi connectivity index (χ2n) is 6.16. The van der Waals surface area contributed by atoms with Crippen molar-refractivity contribution in [2.45, 2.75) is 45.8 Å². The molecule has 0 spiro atoms. The normalized spacial score (nSPS) is 13.7. The molecule has 0 amide bonds. The second kappa shape index (κ2) is 8.35. The predicted molar refractivity (Wildman–Crippen MR) is 83.7 cm³/mol. The molecule has 1 rings (SSSR count). The molecule has 0 aliphatic carbocycles. The highest BCUT2D eigenvalue weighted by Gasteiger charge is 2.19. The highest BCUT2D eigenvalue weighted by Crippen LogP contribution is 2.09. The van der Waals surface area contributed by atoms with Gasteiger partial charge < -0.3 is 10.1 Å². The van der Waals surface area contributed by atoms with E-state index in [2.05, 4.69) is 55.0 Å². The molecule has 0 aliphatic rings. The molecule has 1 heterocycles. The summed E-state index contributed by atoms with van der Waals surface area (Å²) in [6.07, 6.45) is 3.70. The lowest BCUT2D eigenvalue weighted by Crippen LogP contribution is -2.49. The van der Waals surface area contributed by atoms with Crippen LogP contribution in [0.5, 0.6) is 0 Å². The van der Waals surface area contributed by atoms with Crippen molar-refractivity contribution in [1.29, 1.82) is 0 Å². The lowest BCUT2D eigenvalue weighted by Gasteiger charge is -2.33. The van der Waals surface area contributed by atoms with E-state index < -0.39 is 0 Å². The molecule has 0 saturated heterocycles. The van der Waals surface area contributed by atoms with Gasteiger partial charge in [0.25, 0.3) is 0 Å². The average molecular weight is 279 g/mol. The summed E-state index contributed by atoms with van der Waals surface area (Å²) < 4.78 is 5.40. The number of aromatic nitrogens is 1. The molecular weight excluding hydrogens is 250 g/mol. The van der Waals surface area contributed by atoms with Gasteiger partial charge in [-0.1, -0.05) is 6.92 Å². The SMILES string of the molecule is CCN(Cc1ccncc1)C(CNC(C)(C)C)COC. The summed E-state index contributed by atoms with van der Waals surface area (Å²) >= 11 is 0. The molecule has 0 saturated carbocycles. The van der Waals surface area contributed by atoms with Crippen molar-refractivity contribution in [2.75, 3.05) is 26.8 Å². The molecule has 4 nitrogen and oxygen atoms in total. The van der Waals surface area contributed by atoms with E-state index in [0.717, 1.165) is 26.2 Å². The maximum atomic E-state index is 5.40. The molecule has 0 bridgehead atoms. The summed E-state index contributed by atoms with van der Waals surface area (Å²) in [5.74, 6) is 0. The van der Waals surface area contributed by atoms with Crippen LogP contribution in [0.3, 0.4) is 0 Å². The van der Waals surface area contributed by atoms with Crippen LogP contribution in [0.15, 0.2) is 24.5 Å². The minimum atomic E-state index is 0.127. The van der Waals surface area contributed by atoms with Gasteiger partial charge in [-0.2, -0.15) is 0 Å². The minimum absolute atomic E-state index is 0.127. The first-order chi connectivity index (χ1) is 9.46. The van der Waals surface area contributed by atoms with Crippen LogP contribution in [0.1, 0.15) is 33.3 Å². The van der Waals surface area contributed by atoms with E-state index >= 15 is 0 Å². The maximum Gasteiger partial charge on any atom is 0.0630 e. The Bertz CT molecular complexity index is 362. The summed E-state index contributed by atoms with van der Waals surface area (Å²) in [5.41, 5.74) is 1.42. The Hall–Kier alpha value is -0.970. The topological polar surface area (TPSA) is 37.4 Å². The summed E-state index contributed by atoms with van der Waals surface area (Å²) in [7, 11) is 1.77. The smallest absolute Gasteiger partial charge is 0.0630 e. The Labute approximate surface area is 123 Å². The van der Waals surface area contributed by atoms with Crippen molar-refractivity contribution in [3.05, 3.63) is 30.1 Å². The number of nitrogens with zero attached hydrogens (tertiary/aromatic N) is 2. The standard InChI is InChI=1S/C16H29N3O/c1-6-19(12-14-7-9-17-10-8-14)15(13-20-5)11-18-16(2,3)4/h7-10,15,18H,6,11-13H2,1-5H3. The van der Waals surface area contributed by atoms with E-state index in [-0.39, 0.29) is 5.54 Å². The Morgan fingerprint density at radius 1 is 1.30 bits per heavy atom. The monoisotopic (exact) mass is 279 g/mol. The van der Waals surface area contributed by atoms with E-state index in [1.807, 2.05) is 12.4 Å². The number of methoxy groups -OCH3 is 1. The number of hydrogen-bond acceptors (Lipinski definition) is 4. The van der Waals surface area contributed by atoms with Crippen molar-refractivity contribution in [1.82, 2.24) is 15.2 Å². The van der Waals surface area contributed by atoms with E-state index in [0.29, 0.717) is 6.04 Å². The number of hydrogen-bond donors (Lipinski definition) is 1. The third-order valence-corrected chi connectivity index (χ3v) is 3.28. The first kappa shape index (κ1) is 17.1. The van der Waals surface area contributed by atoms with Crippen LogP contribution in [0.2, 0.25) is 0 Å². The molecule has 0 radical (unpaired) electrons. The number of nitrogens with one attached hydrogen (secondary N) is 1.